The first-order valence-electron chi connectivity index (χ1n) is 7.31. The molecule has 5 nitrogen and oxygen atoms in total. The van der Waals surface area contributed by atoms with E-state index in [1.54, 1.807) is 7.05 Å². The Morgan fingerprint density at radius 2 is 1.81 bits per heavy atom. The summed E-state index contributed by atoms with van der Waals surface area (Å²) in [4.78, 5) is 15.6. The van der Waals surface area contributed by atoms with Crippen LogP contribution in [0.25, 0.3) is 0 Å². The fraction of sp³-hybridized carbons (Fsp3) is 0.562. The number of hydrogen-bond acceptors (Lipinski definition) is 3. The van der Waals surface area contributed by atoms with Crippen molar-refractivity contribution < 1.29 is 9.90 Å². The minimum atomic E-state index is -0.178. The van der Waals surface area contributed by atoms with Crippen LogP contribution in [-0.4, -0.2) is 60.3 Å². The van der Waals surface area contributed by atoms with Gasteiger partial charge in [-0.3, -0.25) is 4.90 Å². The van der Waals surface area contributed by atoms with Crippen LogP contribution in [0.1, 0.15) is 19.4 Å². The van der Waals surface area contributed by atoms with E-state index >= 15 is 0 Å². The van der Waals surface area contributed by atoms with Crippen molar-refractivity contribution in [2.45, 2.75) is 32.5 Å². The lowest BCUT2D eigenvalue weighted by atomic mass is 10.2. The van der Waals surface area contributed by atoms with Gasteiger partial charge in [-0.2, -0.15) is 0 Å². The number of amides is 2. The molecule has 0 heterocycles. The average molecular weight is 293 g/mol. The summed E-state index contributed by atoms with van der Waals surface area (Å²) in [5.74, 6) is 0. The quantitative estimate of drug-likeness (QED) is 0.801. The first kappa shape index (κ1) is 17.5. The molecule has 0 aliphatic rings. The van der Waals surface area contributed by atoms with E-state index in [1.165, 1.54) is 10.5 Å². The van der Waals surface area contributed by atoms with E-state index in [1.807, 2.05) is 32.2 Å². The highest BCUT2D eigenvalue weighted by molar-refractivity contribution is 5.74. The van der Waals surface area contributed by atoms with Crippen molar-refractivity contribution in [1.29, 1.82) is 0 Å². The third-order valence-corrected chi connectivity index (χ3v) is 3.82. The molecular weight excluding hydrogens is 266 g/mol. The molecule has 0 aromatic heterocycles. The maximum Gasteiger partial charge on any atom is 0.317 e. The fourth-order valence-electron chi connectivity index (χ4n) is 1.87. The molecule has 1 aromatic carbocycles. The zero-order valence-electron chi connectivity index (χ0n) is 13.4. The lowest BCUT2D eigenvalue weighted by Crippen LogP contribution is -2.47. The SMILES string of the molecule is CC(CNC(=O)N(C)C(C)CO)N(C)Cc1ccccc1. The predicted octanol–water partition coefficient (Wildman–Crippen LogP) is 1.53. The van der Waals surface area contributed by atoms with E-state index in [9.17, 15) is 4.79 Å². The molecule has 1 rings (SSSR count). The van der Waals surface area contributed by atoms with E-state index in [2.05, 4.69) is 29.3 Å². The van der Waals surface area contributed by atoms with Gasteiger partial charge < -0.3 is 15.3 Å². The number of aliphatic hydroxyl groups is 1. The largest absolute Gasteiger partial charge is 0.394 e. The van der Waals surface area contributed by atoms with Crippen molar-refractivity contribution in [2.75, 3.05) is 27.2 Å². The molecule has 0 fully saturated rings. The Hall–Kier alpha value is -1.59. The Labute approximate surface area is 127 Å². The highest BCUT2D eigenvalue weighted by Gasteiger charge is 2.16. The van der Waals surface area contributed by atoms with Gasteiger partial charge in [0.2, 0.25) is 0 Å². The van der Waals surface area contributed by atoms with Crippen LogP contribution in [-0.2, 0) is 6.54 Å². The second-order valence-electron chi connectivity index (χ2n) is 5.58. The molecule has 2 unspecified atom stereocenters. The van der Waals surface area contributed by atoms with Crippen LogP contribution >= 0.6 is 0 Å². The Morgan fingerprint density at radius 1 is 1.19 bits per heavy atom. The first-order chi connectivity index (χ1) is 9.95. The third-order valence-electron chi connectivity index (χ3n) is 3.82. The molecule has 0 radical (unpaired) electrons. The lowest BCUT2D eigenvalue weighted by molar-refractivity contribution is 0.154. The maximum absolute atomic E-state index is 11.9. The molecule has 2 N–H and O–H groups in total. The number of nitrogens with zero attached hydrogens (tertiary/aromatic N) is 2. The van der Waals surface area contributed by atoms with Crippen LogP contribution in [0.15, 0.2) is 30.3 Å². The predicted molar refractivity (Wildman–Crippen MR) is 85.1 cm³/mol. The van der Waals surface area contributed by atoms with Crippen molar-refractivity contribution in [1.82, 2.24) is 15.1 Å². The Kier molecular flexibility index (Phi) is 7.19. The molecule has 0 saturated heterocycles. The van der Waals surface area contributed by atoms with Crippen LogP contribution in [0.3, 0.4) is 0 Å². The Bertz CT molecular complexity index is 425. The number of likely N-dealkylation sites (N-methyl/N-ethyl adjacent to an activating group) is 2. The lowest BCUT2D eigenvalue weighted by Gasteiger charge is -2.28. The molecule has 0 aliphatic carbocycles. The van der Waals surface area contributed by atoms with Gasteiger partial charge in [-0.15, -0.1) is 0 Å². The average Bonchev–Trinajstić information content (AvgIpc) is 2.51. The first-order valence-corrected chi connectivity index (χ1v) is 7.31. The third kappa shape index (κ3) is 5.73. The summed E-state index contributed by atoms with van der Waals surface area (Å²) in [6, 6.07) is 10.1. The second kappa shape index (κ2) is 8.64. The minimum Gasteiger partial charge on any atom is -0.394 e. The molecule has 0 spiro atoms. The molecule has 2 atom stereocenters. The summed E-state index contributed by atoms with van der Waals surface area (Å²) < 4.78 is 0. The zero-order chi connectivity index (χ0) is 15.8. The number of carbonyl (C=O) groups excluding carboxylic acids is 1. The summed E-state index contributed by atoms with van der Waals surface area (Å²) >= 11 is 0. The molecule has 21 heavy (non-hydrogen) atoms. The van der Waals surface area contributed by atoms with Gasteiger partial charge in [-0.25, -0.2) is 4.79 Å². The normalized spacial score (nSPS) is 13.8. The molecule has 1 aromatic rings. The standard InChI is InChI=1S/C16H27N3O2/c1-13(10-17-16(21)19(4)14(2)12-20)18(3)11-15-8-6-5-7-9-15/h5-9,13-14,20H,10-12H2,1-4H3,(H,17,21). The molecule has 0 bridgehead atoms. The van der Waals surface area contributed by atoms with Gasteiger partial charge >= 0.3 is 6.03 Å². The molecular formula is C16H27N3O2. The van der Waals surface area contributed by atoms with Gasteiger partial charge in [0.25, 0.3) is 0 Å². The van der Waals surface area contributed by atoms with Gasteiger partial charge in [-0.1, -0.05) is 30.3 Å². The van der Waals surface area contributed by atoms with Crippen LogP contribution in [0.4, 0.5) is 4.79 Å². The fourth-order valence-corrected chi connectivity index (χ4v) is 1.87. The second-order valence-corrected chi connectivity index (χ2v) is 5.58. The van der Waals surface area contributed by atoms with Crippen LogP contribution in [0, 0.1) is 0 Å². The van der Waals surface area contributed by atoms with Crippen molar-refractivity contribution in [3.63, 3.8) is 0 Å². The topological polar surface area (TPSA) is 55.8 Å². The van der Waals surface area contributed by atoms with Crippen LogP contribution < -0.4 is 5.32 Å². The Balaban J connectivity index is 2.39. The van der Waals surface area contributed by atoms with Crippen molar-refractivity contribution in [3.05, 3.63) is 35.9 Å². The number of benzene rings is 1. The van der Waals surface area contributed by atoms with Gasteiger partial charge in [0.05, 0.1) is 12.6 Å². The summed E-state index contributed by atoms with van der Waals surface area (Å²) in [5.41, 5.74) is 1.25. The number of nitrogens with one attached hydrogen (secondary N) is 1. The van der Waals surface area contributed by atoms with E-state index < -0.39 is 0 Å². The van der Waals surface area contributed by atoms with Crippen molar-refractivity contribution in [2.24, 2.45) is 0 Å². The van der Waals surface area contributed by atoms with E-state index in [-0.39, 0.29) is 24.7 Å². The number of urea groups is 1. The molecule has 2 amide bonds. The van der Waals surface area contributed by atoms with Gasteiger partial charge in [0, 0.05) is 26.2 Å². The van der Waals surface area contributed by atoms with Gasteiger partial charge in [0.15, 0.2) is 0 Å². The maximum atomic E-state index is 11.9. The summed E-state index contributed by atoms with van der Waals surface area (Å²) in [6.45, 7) is 5.28. The van der Waals surface area contributed by atoms with Crippen LogP contribution in [0.2, 0.25) is 0 Å². The van der Waals surface area contributed by atoms with E-state index in [0.29, 0.717) is 6.54 Å². The number of aliphatic hydroxyl groups excluding tert-OH is 1. The minimum absolute atomic E-state index is 0.0343. The van der Waals surface area contributed by atoms with Gasteiger partial charge in [-0.05, 0) is 26.5 Å². The molecule has 118 valence electrons. The Morgan fingerprint density at radius 3 is 2.38 bits per heavy atom. The van der Waals surface area contributed by atoms with E-state index in [0.717, 1.165) is 6.54 Å². The summed E-state index contributed by atoms with van der Waals surface area (Å²) in [7, 11) is 3.73. The highest BCUT2D eigenvalue weighted by Crippen LogP contribution is 2.05. The van der Waals surface area contributed by atoms with Gasteiger partial charge in [0.1, 0.15) is 0 Å². The molecule has 5 heteroatoms. The van der Waals surface area contributed by atoms with E-state index in [4.69, 9.17) is 5.11 Å². The van der Waals surface area contributed by atoms with Crippen molar-refractivity contribution in [3.8, 4) is 0 Å². The monoisotopic (exact) mass is 293 g/mol. The molecule has 0 saturated carbocycles. The smallest absolute Gasteiger partial charge is 0.317 e. The number of hydrogen-bond donors (Lipinski definition) is 2. The zero-order valence-corrected chi connectivity index (χ0v) is 13.4. The van der Waals surface area contributed by atoms with Crippen LogP contribution in [0.5, 0.6) is 0 Å². The summed E-state index contributed by atoms with van der Waals surface area (Å²) in [6.07, 6.45) is 0. The molecule has 0 aliphatic heterocycles. The summed E-state index contributed by atoms with van der Waals surface area (Å²) in [5, 5.41) is 12.0. The van der Waals surface area contributed by atoms with Crippen molar-refractivity contribution >= 4 is 6.03 Å². The number of rotatable bonds is 7. The number of carbonyl (C=O) groups is 1. The highest BCUT2D eigenvalue weighted by atomic mass is 16.3.